The molecule has 0 heteroatoms. The topological polar surface area (TPSA) is 0 Å². The zero-order valence-corrected chi connectivity index (χ0v) is 7.42. The van der Waals surface area contributed by atoms with Crippen LogP contribution in [-0.4, -0.2) is 0 Å². The summed E-state index contributed by atoms with van der Waals surface area (Å²) >= 11 is 0. The molecule has 0 amide bonds. The Bertz CT molecular complexity index is 129. The van der Waals surface area contributed by atoms with Crippen molar-refractivity contribution in [3.63, 3.8) is 0 Å². The molecule has 0 N–H and O–H groups in total. The van der Waals surface area contributed by atoms with E-state index in [0.29, 0.717) is 0 Å². The summed E-state index contributed by atoms with van der Waals surface area (Å²) in [4.78, 5) is 0. The fraction of sp³-hybridized carbons (Fsp3) is 0.455. The van der Waals surface area contributed by atoms with Crippen molar-refractivity contribution in [2.75, 3.05) is 0 Å². The molecule has 0 aromatic rings. The van der Waals surface area contributed by atoms with E-state index >= 15 is 0 Å². The van der Waals surface area contributed by atoms with Crippen molar-refractivity contribution < 1.29 is 0 Å². The summed E-state index contributed by atoms with van der Waals surface area (Å²) in [6.45, 7) is 5.81. The molecule has 0 aromatic heterocycles. The molecule has 0 saturated heterocycles. The van der Waals surface area contributed by atoms with Gasteiger partial charge in [-0.15, -0.1) is 6.58 Å². The molecule has 0 saturated carbocycles. The quantitative estimate of drug-likeness (QED) is 0.398. The van der Waals surface area contributed by atoms with Crippen LogP contribution in [0.3, 0.4) is 0 Å². The average Bonchev–Trinajstić information content (AvgIpc) is 2.03. The predicted octanol–water partition coefficient (Wildman–Crippen LogP) is 3.87. The normalized spacial score (nSPS) is 11.4. The molecule has 0 aromatic carbocycles. The van der Waals surface area contributed by atoms with E-state index in [9.17, 15) is 0 Å². The summed E-state index contributed by atoms with van der Waals surface area (Å²) in [5.41, 5.74) is 0. The van der Waals surface area contributed by atoms with Gasteiger partial charge in [-0.2, -0.15) is 0 Å². The van der Waals surface area contributed by atoms with Crippen LogP contribution in [0.2, 0.25) is 0 Å². The van der Waals surface area contributed by atoms with Crippen molar-refractivity contribution >= 4 is 0 Å². The molecule has 0 bridgehead atoms. The minimum atomic E-state index is 1.07. The summed E-state index contributed by atoms with van der Waals surface area (Å²) in [6, 6.07) is 0. The Morgan fingerprint density at radius 2 is 1.73 bits per heavy atom. The van der Waals surface area contributed by atoms with Crippen LogP contribution in [0.25, 0.3) is 0 Å². The molecule has 0 rings (SSSR count). The zero-order chi connectivity index (χ0) is 8.36. The van der Waals surface area contributed by atoms with Crippen LogP contribution in [0, 0.1) is 0 Å². The van der Waals surface area contributed by atoms with Crippen LogP contribution in [0.15, 0.2) is 37.0 Å². The van der Waals surface area contributed by atoms with Crippen molar-refractivity contribution in [3.05, 3.63) is 37.0 Å². The maximum Gasteiger partial charge on any atom is -0.0169 e. The Balaban J connectivity index is 3.15. The maximum atomic E-state index is 3.66. The lowest BCUT2D eigenvalue weighted by molar-refractivity contribution is 1.05. The monoisotopic (exact) mass is 150 g/mol. The summed E-state index contributed by atoms with van der Waals surface area (Å²) in [7, 11) is 0. The van der Waals surface area contributed by atoms with Crippen LogP contribution in [0.5, 0.6) is 0 Å². The second-order valence-corrected chi connectivity index (χ2v) is 2.45. The van der Waals surface area contributed by atoms with E-state index in [4.69, 9.17) is 0 Å². The molecule has 0 heterocycles. The Morgan fingerprint density at radius 1 is 1.00 bits per heavy atom. The van der Waals surface area contributed by atoms with E-state index in [0.717, 1.165) is 25.7 Å². The van der Waals surface area contributed by atoms with E-state index in [1.54, 1.807) is 0 Å². The van der Waals surface area contributed by atoms with Crippen molar-refractivity contribution in [3.8, 4) is 0 Å². The molecule has 0 unspecified atom stereocenters. The van der Waals surface area contributed by atoms with Gasteiger partial charge in [0.25, 0.3) is 0 Å². The Labute approximate surface area is 70.3 Å². The van der Waals surface area contributed by atoms with E-state index in [-0.39, 0.29) is 0 Å². The molecule has 0 aliphatic carbocycles. The maximum absolute atomic E-state index is 3.66. The highest BCUT2D eigenvalue weighted by molar-refractivity contribution is 4.92. The highest BCUT2D eigenvalue weighted by Gasteiger charge is 1.73. The number of unbranched alkanes of at least 4 members (excludes halogenated alkanes) is 1. The Kier molecular flexibility index (Phi) is 8.57. The van der Waals surface area contributed by atoms with Crippen LogP contribution in [0.4, 0.5) is 0 Å². The van der Waals surface area contributed by atoms with E-state index in [1.165, 1.54) is 0 Å². The summed E-state index contributed by atoms with van der Waals surface area (Å²) < 4.78 is 0. The molecule has 0 aliphatic heterocycles. The second-order valence-electron chi connectivity index (χ2n) is 2.45. The molecule has 11 heavy (non-hydrogen) atoms. The Hall–Kier alpha value is -0.780. The molecule has 0 spiro atoms. The standard InChI is InChI=1S/C11H18/c1-3-5-7-9-11-10-8-6-4-2/h3,6,8-9,11H,1,4-5,7,10H2,2H3. The lowest BCUT2D eigenvalue weighted by Crippen LogP contribution is -1.63. The highest BCUT2D eigenvalue weighted by atomic mass is 13.8. The Morgan fingerprint density at radius 3 is 2.36 bits per heavy atom. The van der Waals surface area contributed by atoms with Gasteiger partial charge in [-0.25, -0.2) is 0 Å². The first-order valence-corrected chi connectivity index (χ1v) is 4.32. The molecule has 0 fully saturated rings. The summed E-state index contributed by atoms with van der Waals surface area (Å²) in [5, 5.41) is 0. The molecule has 0 atom stereocenters. The molecular formula is C11H18. The van der Waals surface area contributed by atoms with Gasteiger partial charge in [0.05, 0.1) is 0 Å². The summed E-state index contributed by atoms with van der Waals surface area (Å²) in [6.07, 6.45) is 15.2. The van der Waals surface area contributed by atoms with Crippen LogP contribution >= 0.6 is 0 Å². The van der Waals surface area contributed by atoms with Gasteiger partial charge in [0.2, 0.25) is 0 Å². The zero-order valence-electron chi connectivity index (χ0n) is 7.42. The minimum Gasteiger partial charge on any atom is -0.103 e. The third-order valence-corrected chi connectivity index (χ3v) is 1.38. The molecule has 0 aliphatic rings. The van der Waals surface area contributed by atoms with Crippen molar-refractivity contribution in [2.45, 2.75) is 32.6 Å². The number of allylic oxidation sites excluding steroid dienone is 5. The van der Waals surface area contributed by atoms with Crippen molar-refractivity contribution in [1.82, 2.24) is 0 Å². The third kappa shape index (κ3) is 9.22. The second kappa shape index (κ2) is 9.22. The molecular weight excluding hydrogens is 132 g/mol. The van der Waals surface area contributed by atoms with Gasteiger partial charge in [-0.05, 0) is 25.7 Å². The smallest absolute Gasteiger partial charge is 0.0169 e. The van der Waals surface area contributed by atoms with E-state index in [2.05, 4.69) is 37.8 Å². The number of hydrogen-bond acceptors (Lipinski definition) is 0. The van der Waals surface area contributed by atoms with E-state index < -0.39 is 0 Å². The van der Waals surface area contributed by atoms with Gasteiger partial charge in [-0.3, -0.25) is 0 Å². The number of hydrogen-bond donors (Lipinski definition) is 0. The van der Waals surface area contributed by atoms with Gasteiger partial charge in [0, 0.05) is 0 Å². The van der Waals surface area contributed by atoms with Gasteiger partial charge < -0.3 is 0 Å². The minimum absolute atomic E-state index is 1.07. The van der Waals surface area contributed by atoms with Crippen LogP contribution < -0.4 is 0 Å². The lowest BCUT2D eigenvalue weighted by Gasteiger charge is -1.84. The van der Waals surface area contributed by atoms with Crippen LogP contribution in [-0.2, 0) is 0 Å². The molecule has 0 nitrogen and oxygen atoms in total. The van der Waals surface area contributed by atoms with Crippen LogP contribution in [0.1, 0.15) is 32.6 Å². The first-order valence-electron chi connectivity index (χ1n) is 4.32. The summed E-state index contributed by atoms with van der Waals surface area (Å²) in [5.74, 6) is 0. The largest absolute Gasteiger partial charge is 0.103 e. The molecule has 62 valence electrons. The lowest BCUT2D eigenvalue weighted by atomic mass is 10.2. The van der Waals surface area contributed by atoms with Crippen molar-refractivity contribution in [2.24, 2.45) is 0 Å². The SMILES string of the molecule is C=CCCC=CCC=CCC. The highest BCUT2D eigenvalue weighted by Crippen LogP contribution is 1.94. The van der Waals surface area contributed by atoms with Gasteiger partial charge in [0.15, 0.2) is 0 Å². The molecule has 0 radical (unpaired) electrons. The van der Waals surface area contributed by atoms with Gasteiger partial charge in [-0.1, -0.05) is 37.3 Å². The predicted molar refractivity (Wildman–Crippen MR) is 52.6 cm³/mol. The van der Waals surface area contributed by atoms with Gasteiger partial charge >= 0.3 is 0 Å². The van der Waals surface area contributed by atoms with Gasteiger partial charge in [0.1, 0.15) is 0 Å². The first-order chi connectivity index (χ1) is 5.41. The van der Waals surface area contributed by atoms with Crippen molar-refractivity contribution in [1.29, 1.82) is 0 Å². The fourth-order valence-electron chi connectivity index (χ4n) is 0.770. The van der Waals surface area contributed by atoms with E-state index in [1.807, 2.05) is 6.08 Å². The number of rotatable bonds is 6. The first kappa shape index (κ1) is 10.2. The third-order valence-electron chi connectivity index (χ3n) is 1.38. The fourth-order valence-corrected chi connectivity index (χ4v) is 0.770. The average molecular weight is 150 g/mol.